The molecule has 1 rings (SSSR count). The van der Waals surface area contributed by atoms with E-state index in [9.17, 15) is 8.42 Å². The fourth-order valence-corrected chi connectivity index (χ4v) is 2.88. The van der Waals surface area contributed by atoms with Crippen molar-refractivity contribution in [2.45, 2.75) is 13.5 Å². The van der Waals surface area contributed by atoms with Gasteiger partial charge in [-0.05, 0) is 30.2 Å². The maximum Gasteiger partial charge on any atom is 0.193 e. The van der Waals surface area contributed by atoms with Crippen LogP contribution in [0.4, 0.5) is 0 Å². The van der Waals surface area contributed by atoms with Gasteiger partial charge in [0.1, 0.15) is 9.84 Å². The largest absolute Gasteiger partial charge is 0.493 e. The van der Waals surface area contributed by atoms with Crippen molar-refractivity contribution in [2.75, 3.05) is 60.1 Å². The summed E-state index contributed by atoms with van der Waals surface area (Å²) in [5, 5.41) is 3.20. The molecule has 0 aliphatic carbocycles. The highest BCUT2D eigenvalue weighted by atomic mass is 32.2. The molecule has 0 bridgehead atoms. The number of sulfone groups is 1. The van der Waals surface area contributed by atoms with Gasteiger partial charge >= 0.3 is 0 Å². The molecule has 1 aromatic rings. The van der Waals surface area contributed by atoms with Gasteiger partial charge in [-0.1, -0.05) is 0 Å². The van der Waals surface area contributed by atoms with Gasteiger partial charge in [-0.15, -0.1) is 0 Å². The minimum absolute atomic E-state index is 0.0280. The van der Waals surface area contributed by atoms with Gasteiger partial charge in [-0.2, -0.15) is 0 Å². The maximum absolute atomic E-state index is 11.1. The van der Waals surface area contributed by atoms with E-state index in [0.717, 1.165) is 17.1 Å². The Kier molecular flexibility index (Phi) is 9.37. The summed E-state index contributed by atoms with van der Waals surface area (Å²) in [6.45, 7) is 3.79. The summed E-state index contributed by atoms with van der Waals surface area (Å²) in [5.41, 5.74) is 2.20. The standard InChI is InChI=1S/C18H31N3O5S/c1-14-11-16(24-4)17(25-5)12-15(14)13-21(3)18(19-2)20-7-8-26-9-10-27(6,22)23/h11-12H,7-10,13H2,1-6H3,(H,19,20). The van der Waals surface area contributed by atoms with Crippen molar-refractivity contribution in [1.29, 1.82) is 0 Å². The lowest BCUT2D eigenvalue weighted by molar-refractivity contribution is 0.153. The third kappa shape index (κ3) is 8.04. The first-order valence-corrected chi connectivity index (χ1v) is 10.7. The number of aliphatic imine (C=N–C) groups is 1. The number of benzene rings is 1. The van der Waals surface area contributed by atoms with E-state index < -0.39 is 9.84 Å². The molecule has 8 nitrogen and oxygen atoms in total. The molecule has 0 atom stereocenters. The van der Waals surface area contributed by atoms with E-state index in [1.54, 1.807) is 21.3 Å². The van der Waals surface area contributed by atoms with Crippen molar-refractivity contribution in [1.82, 2.24) is 10.2 Å². The van der Waals surface area contributed by atoms with Gasteiger partial charge in [0.25, 0.3) is 0 Å². The van der Waals surface area contributed by atoms with E-state index in [2.05, 4.69) is 10.3 Å². The first-order valence-electron chi connectivity index (χ1n) is 8.60. The van der Waals surface area contributed by atoms with Gasteiger partial charge in [0.05, 0.1) is 33.2 Å². The fourth-order valence-electron chi connectivity index (χ4n) is 2.46. The van der Waals surface area contributed by atoms with Crippen LogP contribution in [-0.2, 0) is 21.1 Å². The zero-order chi connectivity index (χ0) is 20.4. The predicted octanol–water partition coefficient (Wildman–Crippen LogP) is 1.08. The van der Waals surface area contributed by atoms with E-state index in [4.69, 9.17) is 14.2 Å². The van der Waals surface area contributed by atoms with Crippen LogP contribution in [0.1, 0.15) is 11.1 Å². The number of aryl methyl sites for hydroxylation is 1. The Morgan fingerprint density at radius 1 is 1.19 bits per heavy atom. The number of nitrogens with one attached hydrogen (secondary N) is 1. The molecule has 9 heteroatoms. The monoisotopic (exact) mass is 401 g/mol. The molecule has 0 aromatic heterocycles. The molecule has 0 radical (unpaired) electrons. The first kappa shape index (κ1) is 23.0. The van der Waals surface area contributed by atoms with Crippen molar-refractivity contribution in [3.63, 3.8) is 0 Å². The topological polar surface area (TPSA) is 89.5 Å². The smallest absolute Gasteiger partial charge is 0.193 e. The Bertz CT molecular complexity index is 735. The predicted molar refractivity (Wildman–Crippen MR) is 108 cm³/mol. The second-order valence-corrected chi connectivity index (χ2v) is 8.47. The molecule has 0 amide bonds. The van der Waals surface area contributed by atoms with Crippen LogP contribution in [0, 0.1) is 6.92 Å². The highest BCUT2D eigenvalue weighted by molar-refractivity contribution is 7.90. The van der Waals surface area contributed by atoms with Crippen molar-refractivity contribution >= 4 is 15.8 Å². The van der Waals surface area contributed by atoms with Crippen LogP contribution in [-0.4, -0.2) is 79.4 Å². The Balaban J connectivity index is 2.58. The quantitative estimate of drug-likeness (QED) is 0.356. The van der Waals surface area contributed by atoms with Crippen molar-refractivity contribution in [3.05, 3.63) is 23.3 Å². The fraction of sp³-hybridized carbons (Fsp3) is 0.611. The van der Waals surface area contributed by atoms with Crippen molar-refractivity contribution < 1.29 is 22.6 Å². The molecule has 0 aliphatic rings. The lowest BCUT2D eigenvalue weighted by atomic mass is 10.1. The first-order chi connectivity index (χ1) is 12.7. The molecule has 0 heterocycles. The summed E-state index contributed by atoms with van der Waals surface area (Å²) < 4.78 is 38.1. The van der Waals surface area contributed by atoms with Crippen LogP contribution >= 0.6 is 0 Å². The van der Waals surface area contributed by atoms with Gasteiger partial charge < -0.3 is 24.4 Å². The SMILES string of the molecule is CN=C(NCCOCCS(C)(=O)=O)N(C)Cc1cc(OC)c(OC)cc1C. The second-order valence-electron chi connectivity index (χ2n) is 6.21. The van der Waals surface area contributed by atoms with Crippen LogP contribution in [0.5, 0.6) is 11.5 Å². The lowest BCUT2D eigenvalue weighted by Gasteiger charge is -2.23. The Hall–Kier alpha value is -2.00. The van der Waals surface area contributed by atoms with Crippen LogP contribution in [0.15, 0.2) is 17.1 Å². The molecule has 154 valence electrons. The number of hydrogen-bond acceptors (Lipinski definition) is 6. The molecule has 0 saturated carbocycles. The van der Waals surface area contributed by atoms with Gasteiger partial charge in [0.15, 0.2) is 17.5 Å². The molecule has 0 aliphatic heterocycles. The normalized spacial score (nSPS) is 12.0. The number of guanidine groups is 1. The summed E-state index contributed by atoms with van der Waals surface area (Å²) in [6.07, 6.45) is 1.20. The minimum atomic E-state index is -2.99. The van der Waals surface area contributed by atoms with Gasteiger partial charge in [-0.3, -0.25) is 4.99 Å². The van der Waals surface area contributed by atoms with E-state index in [-0.39, 0.29) is 12.4 Å². The van der Waals surface area contributed by atoms with Crippen LogP contribution < -0.4 is 14.8 Å². The molecule has 0 fully saturated rings. The zero-order valence-corrected chi connectivity index (χ0v) is 17.9. The van der Waals surface area contributed by atoms with E-state index in [1.165, 1.54) is 6.26 Å². The number of ether oxygens (including phenoxy) is 3. The summed E-state index contributed by atoms with van der Waals surface area (Å²) >= 11 is 0. The molecule has 1 aromatic carbocycles. The number of hydrogen-bond donors (Lipinski definition) is 1. The molecular formula is C18H31N3O5S. The van der Waals surface area contributed by atoms with Crippen LogP contribution in [0.2, 0.25) is 0 Å². The van der Waals surface area contributed by atoms with E-state index in [1.807, 2.05) is 31.0 Å². The maximum atomic E-state index is 11.1. The highest BCUT2D eigenvalue weighted by Gasteiger charge is 2.12. The third-order valence-corrected chi connectivity index (χ3v) is 4.86. The summed E-state index contributed by atoms with van der Waals surface area (Å²) in [4.78, 5) is 6.26. The summed E-state index contributed by atoms with van der Waals surface area (Å²) in [5.74, 6) is 2.14. The van der Waals surface area contributed by atoms with Gasteiger partial charge in [-0.25, -0.2) is 8.42 Å². The van der Waals surface area contributed by atoms with Crippen molar-refractivity contribution in [3.8, 4) is 11.5 Å². The molecule has 27 heavy (non-hydrogen) atoms. The average molecular weight is 402 g/mol. The summed E-state index contributed by atoms with van der Waals surface area (Å²) in [6, 6.07) is 3.92. The average Bonchev–Trinajstić information content (AvgIpc) is 2.61. The van der Waals surface area contributed by atoms with Crippen LogP contribution in [0.3, 0.4) is 0 Å². The van der Waals surface area contributed by atoms with Crippen LogP contribution in [0.25, 0.3) is 0 Å². The number of nitrogens with zero attached hydrogens (tertiary/aromatic N) is 2. The minimum Gasteiger partial charge on any atom is -0.493 e. The Labute approximate surface area is 162 Å². The molecule has 0 spiro atoms. The number of rotatable bonds is 10. The van der Waals surface area contributed by atoms with E-state index >= 15 is 0 Å². The highest BCUT2D eigenvalue weighted by Crippen LogP contribution is 2.30. The molecule has 1 N–H and O–H groups in total. The Morgan fingerprint density at radius 3 is 2.37 bits per heavy atom. The van der Waals surface area contributed by atoms with Gasteiger partial charge in [0.2, 0.25) is 0 Å². The van der Waals surface area contributed by atoms with E-state index in [0.29, 0.717) is 31.2 Å². The van der Waals surface area contributed by atoms with Gasteiger partial charge in [0, 0.05) is 33.4 Å². The molecule has 0 unspecified atom stereocenters. The Morgan fingerprint density at radius 2 is 1.81 bits per heavy atom. The van der Waals surface area contributed by atoms with Crippen molar-refractivity contribution in [2.24, 2.45) is 4.99 Å². The summed E-state index contributed by atoms with van der Waals surface area (Å²) in [7, 11) is 3.90. The molecular weight excluding hydrogens is 370 g/mol. The lowest BCUT2D eigenvalue weighted by Crippen LogP contribution is -2.40. The zero-order valence-electron chi connectivity index (χ0n) is 17.0. The third-order valence-electron chi connectivity index (χ3n) is 3.95. The second kappa shape index (κ2) is 11.0. The number of methoxy groups -OCH3 is 2. The molecule has 0 saturated heterocycles.